The first-order chi connectivity index (χ1) is 15.3. The van der Waals surface area contributed by atoms with E-state index in [0.717, 1.165) is 37.7 Å². The third-order valence-electron chi connectivity index (χ3n) is 5.54. The number of fused-ring (bicyclic) bond motifs is 1. The number of hydrogen-bond donors (Lipinski definition) is 2. The number of aromatic nitrogens is 2. The summed E-state index contributed by atoms with van der Waals surface area (Å²) in [6.07, 6.45) is 2.01. The number of aromatic amines is 1. The molecule has 0 radical (unpaired) electrons. The van der Waals surface area contributed by atoms with E-state index >= 15 is 0 Å². The number of H-pyrrole nitrogens is 1. The standard InChI is InChI=1S/C23H27F3N4O2/c1-30(9-10-32-2)8-4-3-5-17(16-7-6-14(24)12-19(16)26)22-21-18(23(31)29-28-22)11-15(25)13-20(21)27/h6-7,11-13,17H,3-5,8-10,27H2,1-2H3,(H,29,31)/t17-/m1/s1. The molecule has 3 aromatic rings. The highest BCUT2D eigenvalue weighted by molar-refractivity contribution is 5.94. The molecule has 9 heteroatoms. The second-order valence-corrected chi connectivity index (χ2v) is 7.87. The molecule has 0 bridgehead atoms. The number of methoxy groups -OCH3 is 1. The smallest absolute Gasteiger partial charge is 0.272 e. The van der Waals surface area contributed by atoms with Crippen molar-refractivity contribution >= 4 is 16.5 Å². The third kappa shape index (κ3) is 5.46. The van der Waals surface area contributed by atoms with Crippen LogP contribution in [-0.4, -0.2) is 49.0 Å². The average Bonchev–Trinajstić information content (AvgIpc) is 2.74. The molecule has 1 aromatic heterocycles. The van der Waals surface area contributed by atoms with Gasteiger partial charge in [-0.25, -0.2) is 18.3 Å². The van der Waals surface area contributed by atoms with Gasteiger partial charge in [0.05, 0.1) is 17.7 Å². The minimum absolute atomic E-state index is 0.0410. The maximum absolute atomic E-state index is 14.8. The number of unbranched alkanes of at least 4 members (excludes halogenated alkanes) is 1. The summed E-state index contributed by atoms with van der Waals surface area (Å²) in [6, 6.07) is 5.56. The second kappa shape index (κ2) is 10.6. The third-order valence-corrected chi connectivity index (χ3v) is 5.54. The monoisotopic (exact) mass is 448 g/mol. The number of halogens is 3. The Morgan fingerprint density at radius 3 is 2.62 bits per heavy atom. The van der Waals surface area contributed by atoms with Gasteiger partial charge in [-0.2, -0.15) is 5.10 Å². The molecule has 172 valence electrons. The number of nitrogens with one attached hydrogen (secondary N) is 1. The summed E-state index contributed by atoms with van der Waals surface area (Å²) in [5.41, 5.74) is 6.06. The molecule has 32 heavy (non-hydrogen) atoms. The van der Waals surface area contributed by atoms with Gasteiger partial charge in [-0.3, -0.25) is 4.79 Å². The highest BCUT2D eigenvalue weighted by atomic mass is 19.1. The van der Waals surface area contributed by atoms with Crippen molar-refractivity contribution in [2.75, 3.05) is 39.6 Å². The van der Waals surface area contributed by atoms with Crippen LogP contribution in [0.2, 0.25) is 0 Å². The van der Waals surface area contributed by atoms with Crippen molar-refractivity contribution in [1.82, 2.24) is 15.1 Å². The molecular formula is C23H27F3N4O2. The van der Waals surface area contributed by atoms with Crippen LogP contribution in [0.5, 0.6) is 0 Å². The summed E-state index contributed by atoms with van der Waals surface area (Å²) in [6.45, 7) is 2.24. The van der Waals surface area contributed by atoms with Crippen molar-refractivity contribution in [3.05, 3.63) is 69.4 Å². The molecule has 0 fully saturated rings. The fourth-order valence-corrected chi connectivity index (χ4v) is 3.88. The van der Waals surface area contributed by atoms with Gasteiger partial charge in [0.2, 0.25) is 0 Å². The molecular weight excluding hydrogens is 421 g/mol. The summed E-state index contributed by atoms with van der Waals surface area (Å²) < 4.78 is 47.3. The van der Waals surface area contributed by atoms with Gasteiger partial charge in [-0.15, -0.1) is 0 Å². The second-order valence-electron chi connectivity index (χ2n) is 7.87. The molecule has 3 rings (SSSR count). The van der Waals surface area contributed by atoms with Crippen LogP contribution in [0.25, 0.3) is 10.8 Å². The van der Waals surface area contributed by atoms with Gasteiger partial charge < -0.3 is 15.4 Å². The maximum Gasteiger partial charge on any atom is 0.272 e. The van der Waals surface area contributed by atoms with Crippen molar-refractivity contribution in [1.29, 1.82) is 0 Å². The first kappa shape index (κ1) is 23.7. The number of anilines is 1. The zero-order chi connectivity index (χ0) is 23.3. The topological polar surface area (TPSA) is 84.2 Å². The number of nitrogens with zero attached hydrogens (tertiary/aromatic N) is 2. The number of likely N-dealkylation sites (N-methyl/N-ethyl adjacent to an activating group) is 1. The Balaban J connectivity index is 1.97. The Bertz CT molecular complexity index is 1140. The maximum atomic E-state index is 14.8. The summed E-state index contributed by atoms with van der Waals surface area (Å²) >= 11 is 0. The SMILES string of the molecule is COCCN(C)CCCC[C@H](c1ccc(F)cc1F)c1n[nH]c(=O)c2cc(F)cc(N)c12. The minimum atomic E-state index is -0.714. The quantitative estimate of drug-likeness (QED) is 0.364. The van der Waals surface area contributed by atoms with E-state index in [4.69, 9.17) is 10.5 Å². The van der Waals surface area contributed by atoms with Gasteiger partial charge in [-0.05, 0) is 50.2 Å². The molecule has 0 aliphatic heterocycles. The highest BCUT2D eigenvalue weighted by Gasteiger charge is 2.24. The molecule has 1 heterocycles. The molecule has 0 unspecified atom stereocenters. The Labute approximate surface area is 184 Å². The van der Waals surface area contributed by atoms with Gasteiger partial charge in [0, 0.05) is 36.7 Å². The van der Waals surface area contributed by atoms with Crippen molar-refractivity contribution in [3.8, 4) is 0 Å². The Kier molecular flexibility index (Phi) is 7.87. The number of ether oxygens (including phenoxy) is 1. The van der Waals surface area contributed by atoms with Crippen LogP contribution >= 0.6 is 0 Å². The molecule has 0 aliphatic carbocycles. The van der Waals surface area contributed by atoms with Gasteiger partial charge in [0.1, 0.15) is 17.5 Å². The van der Waals surface area contributed by atoms with Gasteiger partial charge in [0.25, 0.3) is 5.56 Å². The van der Waals surface area contributed by atoms with Crippen LogP contribution in [0.1, 0.15) is 36.4 Å². The van der Waals surface area contributed by atoms with Crippen LogP contribution < -0.4 is 11.3 Å². The lowest BCUT2D eigenvalue weighted by molar-refractivity contribution is 0.160. The predicted octanol–water partition coefficient (Wildman–Crippen LogP) is 3.80. The molecule has 0 spiro atoms. The lowest BCUT2D eigenvalue weighted by Crippen LogP contribution is -2.24. The Hall–Kier alpha value is -2.91. The van der Waals surface area contributed by atoms with E-state index in [9.17, 15) is 18.0 Å². The minimum Gasteiger partial charge on any atom is -0.398 e. The number of nitrogens with two attached hydrogens (primary N) is 1. The van der Waals surface area contributed by atoms with E-state index in [0.29, 0.717) is 25.1 Å². The zero-order valence-electron chi connectivity index (χ0n) is 18.1. The predicted molar refractivity (Wildman–Crippen MR) is 118 cm³/mol. The molecule has 0 amide bonds. The summed E-state index contributed by atoms with van der Waals surface area (Å²) in [4.78, 5) is 14.4. The fraction of sp³-hybridized carbons (Fsp3) is 0.391. The van der Waals surface area contributed by atoms with E-state index < -0.39 is 28.9 Å². The van der Waals surface area contributed by atoms with Crippen LogP contribution in [-0.2, 0) is 4.74 Å². The summed E-state index contributed by atoms with van der Waals surface area (Å²) in [5.74, 6) is -2.66. The number of benzene rings is 2. The molecule has 3 N–H and O–H groups in total. The van der Waals surface area contributed by atoms with E-state index in [1.165, 1.54) is 12.1 Å². The van der Waals surface area contributed by atoms with E-state index in [-0.39, 0.29) is 22.0 Å². The van der Waals surface area contributed by atoms with Crippen molar-refractivity contribution in [2.24, 2.45) is 0 Å². The number of hydrogen-bond acceptors (Lipinski definition) is 5. The lowest BCUT2D eigenvalue weighted by Gasteiger charge is -2.21. The molecule has 0 saturated heterocycles. The van der Waals surface area contributed by atoms with Crippen molar-refractivity contribution < 1.29 is 17.9 Å². The van der Waals surface area contributed by atoms with Gasteiger partial charge >= 0.3 is 0 Å². The Morgan fingerprint density at radius 1 is 1.12 bits per heavy atom. The van der Waals surface area contributed by atoms with Crippen molar-refractivity contribution in [2.45, 2.75) is 25.2 Å². The first-order valence-corrected chi connectivity index (χ1v) is 10.4. The lowest BCUT2D eigenvalue weighted by atomic mass is 9.87. The van der Waals surface area contributed by atoms with Crippen LogP contribution in [0.15, 0.2) is 35.1 Å². The number of nitrogen functional groups attached to an aromatic ring is 1. The molecule has 0 aliphatic rings. The van der Waals surface area contributed by atoms with E-state index in [1.807, 2.05) is 7.05 Å². The van der Waals surface area contributed by atoms with E-state index in [2.05, 4.69) is 15.1 Å². The number of rotatable bonds is 10. The van der Waals surface area contributed by atoms with Gasteiger partial charge in [-0.1, -0.05) is 12.5 Å². The summed E-state index contributed by atoms with van der Waals surface area (Å²) in [7, 11) is 3.64. The van der Waals surface area contributed by atoms with Crippen molar-refractivity contribution in [3.63, 3.8) is 0 Å². The molecule has 0 saturated carbocycles. The van der Waals surface area contributed by atoms with Gasteiger partial charge in [0.15, 0.2) is 0 Å². The molecule has 6 nitrogen and oxygen atoms in total. The normalized spacial score (nSPS) is 12.6. The highest BCUT2D eigenvalue weighted by Crippen LogP contribution is 2.36. The molecule has 2 aromatic carbocycles. The Morgan fingerprint density at radius 2 is 1.91 bits per heavy atom. The van der Waals surface area contributed by atoms with E-state index in [1.54, 1.807) is 7.11 Å². The molecule has 1 atom stereocenters. The zero-order valence-corrected chi connectivity index (χ0v) is 18.1. The van der Waals surface area contributed by atoms with Crippen LogP contribution in [0, 0.1) is 17.5 Å². The van der Waals surface area contributed by atoms with Crippen LogP contribution in [0.3, 0.4) is 0 Å². The van der Waals surface area contributed by atoms with Crippen LogP contribution in [0.4, 0.5) is 18.9 Å². The first-order valence-electron chi connectivity index (χ1n) is 10.4. The average molecular weight is 448 g/mol. The fourth-order valence-electron chi connectivity index (χ4n) is 3.88. The largest absolute Gasteiger partial charge is 0.398 e. The summed E-state index contributed by atoms with van der Waals surface area (Å²) in [5, 5.41) is 6.85.